The molecule has 0 bridgehead atoms. The quantitative estimate of drug-likeness (QED) is 0.735. The fourth-order valence-electron chi connectivity index (χ4n) is 3.16. The van der Waals surface area contributed by atoms with Gasteiger partial charge in [-0.1, -0.05) is 20.3 Å². The molecule has 100 valence electrons. The first-order valence-corrected chi connectivity index (χ1v) is 7.56. The van der Waals surface area contributed by atoms with Crippen molar-refractivity contribution in [2.45, 2.75) is 77.6 Å². The van der Waals surface area contributed by atoms with Crippen LogP contribution in [0.15, 0.2) is 0 Å². The van der Waals surface area contributed by atoms with E-state index in [0.29, 0.717) is 6.10 Å². The van der Waals surface area contributed by atoms with Gasteiger partial charge in [-0.05, 0) is 56.8 Å². The third-order valence-corrected chi connectivity index (χ3v) is 4.65. The van der Waals surface area contributed by atoms with E-state index in [1.807, 2.05) is 0 Å². The third-order valence-electron chi connectivity index (χ3n) is 4.65. The van der Waals surface area contributed by atoms with E-state index in [1.54, 1.807) is 0 Å². The maximum absolute atomic E-state index is 6.07. The van der Waals surface area contributed by atoms with Crippen LogP contribution in [0.2, 0.25) is 0 Å². The molecule has 2 nitrogen and oxygen atoms in total. The molecule has 0 N–H and O–H groups in total. The van der Waals surface area contributed by atoms with Gasteiger partial charge in [0.05, 0.1) is 6.10 Å². The fraction of sp³-hybridized carbons (Fsp3) is 1.00. The van der Waals surface area contributed by atoms with Gasteiger partial charge in [-0.25, -0.2) is 0 Å². The van der Waals surface area contributed by atoms with Gasteiger partial charge >= 0.3 is 0 Å². The Balaban J connectivity index is 1.67. The van der Waals surface area contributed by atoms with Crippen molar-refractivity contribution in [2.75, 3.05) is 6.61 Å². The van der Waals surface area contributed by atoms with E-state index in [2.05, 4.69) is 13.8 Å². The first-order valence-electron chi connectivity index (χ1n) is 7.56. The number of hydrogen-bond acceptors (Lipinski definition) is 2. The Hall–Kier alpha value is -0.0800. The predicted molar refractivity (Wildman–Crippen MR) is 69.9 cm³/mol. The van der Waals surface area contributed by atoms with Crippen molar-refractivity contribution < 1.29 is 9.47 Å². The maximum atomic E-state index is 6.07. The Kier molecular flexibility index (Phi) is 5.30. The molecule has 2 atom stereocenters. The highest BCUT2D eigenvalue weighted by atomic mass is 16.7. The van der Waals surface area contributed by atoms with E-state index in [0.717, 1.165) is 24.9 Å². The molecule has 2 unspecified atom stereocenters. The summed E-state index contributed by atoms with van der Waals surface area (Å²) < 4.78 is 11.7. The van der Waals surface area contributed by atoms with E-state index in [9.17, 15) is 0 Å². The van der Waals surface area contributed by atoms with Crippen LogP contribution in [0, 0.1) is 11.8 Å². The first kappa shape index (κ1) is 13.4. The van der Waals surface area contributed by atoms with E-state index in [1.165, 1.54) is 44.9 Å². The third kappa shape index (κ3) is 3.96. The second-order valence-corrected chi connectivity index (χ2v) is 5.85. The van der Waals surface area contributed by atoms with Gasteiger partial charge in [0.25, 0.3) is 0 Å². The zero-order chi connectivity index (χ0) is 12.1. The Labute approximate surface area is 106 Å². The van der Waals surface area contributed by atoms with Crippen molar-refractivity contribution in [3.8, 4) is 0 Å². The summed E-state index contributed by atoms with van der Waals surface area (Å²) in [5.74, 6) is 1.83. The Morgan fingerprint density at radius 1 is 1.12 bits per heavy atom. The zero-order valence-corrected chi connectivity index (χ0v) is 11.5. The zero-order valence-electron chi connectivity index (χ0n) is 11.5. The maximum Gasteiger partial charge on any atom is 0.157 e. The van der Waals surface area contributed by atoms with Crippen LogP contribution in [-0.4, -0.2) is 19.0 Å². The molecule has 2 heteroatoms. The van der Waals surface area contributed by atoms with E-state index < -0.39 is 0 Å². The number of ether oxygens (including phenoxy) is 2. The lowest BCUT2D eigenvalue weighted by molar-refractivity contribution is -0.195. The van der Waals surface area contributed by atoms with Gasteiger partial charge in [0, 0.05) is 6.61 Å². The van der Waals surface area contributed by atoms with Crippen LogP contribution in [0.4, 0.5) is 0 Å². The monoisotopic (exact) mass is 240 g/mol. The highest BCUT2D eigenvalue weighted by molar-refractivity contribution is 4.76. The molecule has 1 aliphatic heterocycles. The van der Waals surface area contributed by atoms with Crippen molar-refractivity contribution in [3.63, 3.8) is 0 Å². The topological polar surface area (TPSA) is 18.5 Å². The minimum atomic E-state index is 0.105. The highest BCUT2D eigenvalue weighted by Gasteiger charge is 2.27. The molecule has 2 aliphatic rings. The van der Waals surface area contributed by atoms with E-state index in [4.69, 9.17) is 9.47 Å². The van der Waals surface area contributed by atoms with Crippen LogP contribution >= 0.6 is 0 Å². The lowest BCUT2D eigenvalue weighted by Crippen LogP contribution is -2.31. The summed E-state index contributed by atoms with van der Waals surface area (Å²) in [4.78, 5) is 0. The standard InChI is InChI=1S/C15H28O2/c1-3-12(2)13-7-9-14(10-8-13)17-15-6-4-5-11-16-15/h12-15H,3-11H2,1-2H3. The second kappa shape index (κ2) is 6.75. The van der Waals surface area contributed by atoms with Gasteiger partial charge < -0.3 is 9.47 Å². The predicted octanol–water partition coefficient (Wildman–Crippen LogP) is 4.13. The van der Waals surface area contributed by atoms with Crippen LogP contribution < -0.4 is 0 Å². The van der Waals surface area contributed by atoms with Crippen LogP contribution in [-0.2, 0) is 9.47 Å². The molecule has 0 amide bonds. The fourth-order valence-corrected chi connectivity index (χ4v) is 3.16. The van der Waals surface area contributed by atoms with Crippen LogP contribution in [0.3, 0.4) is 0 Å². The molecule has 1 saturated heterocycles. The average Bonchev–Trinajstić information content (AvgIpc) is 2.40. The van der Waals surface area contributed by atoms with Crippen LogP contribution in [0.1, 0.15) is 65.2 Å². The number of rotatable bonds is 4. The molecule has 0 aromatic carbocycles. The molecule has 0 radical (unpaired) electrons. The summed E-state index contributed by atoms with van der Waals surface area (Å²) in [6, 6.07) is 0. The second-order valence-electron chi connectivity index (χ2n) is 5.85. The molecular formula is C15H28O2. The van der Waals surface area contributed by atoms with Gasteiger partial charge in [-0.15, -0.1) is 0 Å². The molecule has 1 heterocycles. The smallest absolute Gasteiger partial charge is 0.157 e. The molecule has 0 aromatic rings. The molecule has 17 heavy (non-hydrogen) atoms. The lowest BCUT2D eigenvalue weighted by Gasteiger charge is -2.34. The molecule has 0 aromatic heterocycles. The first-order chi connectivity index (χ1) is 8.29. The largest absolute Gasteiger partial charge is 0.353 e. The molecule has 2 fully saturated rings. The minimum Gasteiger partial charge on any atom is -0.353 e. The van der Waals surface area contributed by atoms with Gasteiger partial charge in [0.1, 0.15) is 0 Å². The summed E-state index contributed by atoms with van der Waals surface area (Å²) in [5.41, 5.74) is 0. The molecule has 0 spiro atoms. The van der Waals surface area contributed by atoms with E-state index >= 15 is 0 Å². The van der Waals surface area contributed by atoms with Crippen LogP contribution in [0.25, 0.3) is 0 Å². The van der Waals surface area contributed by atoms with E-state index in [-0.39, 0.29) is 6.29 Å². The van der Waals surface area contributed by atoms with Gasteiger partial charge in [0.2, 0.25) is 0 Å². The minimum absolute atomic E-state index is 0.105. The summed E-state index contributed by atoms with van der Waals surface area (Å²) in [5, 5.41) is 0. The normalized spacial score (nSPS) is 36.7. The SMILES string of the molecule is CCC(C)C1CCC(OC2CCCCO2)CC1. The molecular weight excluding hydrogens is 212 g/mol. The molecule has 1 saturated carbocycles. The molecule has 2 rings (SSSR count). The summed E-state index contributed by atoms with van der Waals surface area (Å²) in [6.45, 7) is 5.60. The van der Waals surface area contributed by atoms with Crippen LogP contribution in [0.5, 0.6) is 0 Å². The summed E-state index contributed by atoms with van der Waals surface area (Å²) >= 11 is 0. The Bertz CT molecular complexity index is 203. The van der Waals surface area contributed by atoms with Gasteiger partial charge in [-0.2, -0.15) is 0 Å². The summed E-state index contributed by atoms with van der Waals surface area (Å²) in [7, 11) is 0. The van der Waals surface area contributed by atoms with Gasteiger partial charge in [-0.3, -0.25) is 0 Å². The average molecular weight is 240 g/mol. The van der Waals surface area contributed by atoms with Crippen molar-refractivity contribution in [2.24, 2.45) is 11.8 Å². The number of hydrogen-bond donors (Lipinski definition) is 0. The molecule has 1 aliphatic carbocycles. The van der Waals surface area contributed by atoms with Crippen molar-refractivity contribution in [1.29, 1.82) is 0 Å². The highest BCUT2D eigenvalue weighted by Crippen LogP contribution is 2.33. The Morgan fingerprint density at radius 2 is 1.88 bits per heavy atom. The summed E-state index contributed by atoms with van der Waals surface area (Å²) in [6.07, 6.45) is 10.7. The van der Waals surface area contributed by atoms with Gasteiger partial charge in [0.15, 0.2) is 6.29 Å². The lowest BCUT2D eigenvalue weighted by atomic mass is 9.79. The van der Waals surface area contributed by atoms with Crippen molar-refractivity contribution in [3.05, 3.63) is 0 Å². The van der Waals surface area contributed by atoms with Crippen molar-refractivity contribution >= 4 is 0 Å². The Morgan fingerprint density at radius 3 is 2.47 bits per heavy atom. The van der Waals surface area contributed by atoms with Crippen molar-refractivity contribution in [1.82, 2.24) is 0 Å².